The normalized spacial score (nSPS) is 12.4. The van der Waals surface area contributed by atoms with Gasteiger partial charge in [-0.3, -0.25) is 0 Å². The second-order valence-corrected chi connectivity index (χ2v) is 5.55. The van der Waals surface area contributed by atoms with Crippen molar-refractivity contribution in [2.24, 2.45) is 0 Å². The molecule has 0 saturated carbocycles. The van der Waals surface area contributed by atoms with Gasteiger partial charge in [0.05, 0.1) is 0 Å². The van der Waals surface area contributed by atoms with E-state index in [1.165, 1.54) is 0 Å². The zero-order valence-corrected chi connectivity index (χ0v) is 12.6. The number of phenolic OH excluding ortho intramolecular Hbond substituents is 1. The summed E-state index contributed by atoms with van der Waals surface area (Å²) in [5.41, 5.74) is 1.95. The van der Waals surface area contributed by atoms with Crippen LogP contribution in [0.2, 0.25) is 0 Å². The third-order valence-electron chi connectivity index (χ3n) is 2.92. The Morgan fingerprint density at radius 2 is 1.74 bits per heavy atom. The van der Waals surface area contributed by atoms with Gasteiger partial charge in [-0.05, 0) is 40.0 Å². The molecule has 2 aromatic rings. The topological polar surface area (TPSA) is 29.5 Å². The Morgan fingerprint density at radius 1 is 1.05 bits per heavy atom. The summed E-state index contributed by atoms with van der Waals surface area (Å²) in [4.78, 5) is 0. The van der Waals surface area contributed by atoms with Crippen molar-refractivity contribution in [3.8, 4) is 11.5 Å². The predicted molar refractivity (Wildman–Crippen MR) is 80.9 cm³/mol. The van der Waals surface area contributed by atoms with Crippen LogP contribution < -0.4 is 4.74 Å². The quantitative estimate of drug-likeness (QED) is 0.804. The minimum absolute atomic E-state index is 0.196. The number of benzene rings is 2. The number of halogens is 1. The first-order chi connectivity index (χ1) is 9.08. The first-order valence-electron chi connectivity index (χ1n) is 6.26. The van der Waals surface area contributed by atoms with E-state index in [4.69, 9.17) is 4.74 Å². The third kappa shape index (κ3) is 3.51. The van der Waals surface area contributed by atoms with Gasteiger partial charge >= 0.3 is 0 Å². The molecule has 0 aliphatic rings. The van der Waals surface area contributed by atoms with Crippen molar-refractivity contribution in [3.05, 3.63) is 59.7 Å². The van der Waals surface area contributed by atoms with Crippen LogP contribution in [0.3, 0.4) is 0 Å². The number of hydrogen-bond donors (Lipinski definition) is 1. The molecule has 0 spiro atoms. The Kier molecular flexibility index (Phi) is 4.48. The molecule has 2 nitrogen and oxygen atoms in total. The number of hydrogen-bond acceptors (Lipinski definition) is 2. The molecular formula is C16H17BrO2. The van der Waals surface area contributed by atoms with Crippen LogP contribution in [0, 0.1) is 0 Å². The third-order valence-corrected chi connectivity index (χ3v) is 3.64. The summed E-state index contributed by atoms with van der Waals surface area (Å²) in [5, 5.41) is 9.59. The van der Waals surface area contributed by atoms with E-state index in [1.807, 2.05) is 50.2 Å². The summed E-state index contributed by atoms with van der Waals surface area (Å²) >= 11 is 3.52. The van der Waals surface area contributed by atoms with Crippen molar-refractivity contribution in [2.75, 3.05) is 0 Å². The van der Waals surface area contributed by atoms with E-state index >= 15 is 0 Å². The first-order valence-corrected chi connectivity index (χ1v) is 7.18. The Labute approximate surface area is 122 Å². The Morgan fingerprint density at radius 3 is 2.37 bits per heavy atom. The molecule has 1 N–H and O–H groups in total. The molecule has 1 unspecified atom stereocenters. The minimum Gasteiger partial charge on any atom is -0.508 e. The fourth-order valence-corrected chi connectivity index (χ4v) is 2.38. The molecule has 0 radical (unpaired) electrons. The molecule has 0 bridgehead atoms. The highest BCUT2D eigenvalue weighted by molar-refractivity contribution is 9.09. The highest BCUT2D eigenvalue weighted by atomic mass is 79.9. The molecule has 3 heteroatoms. The highest BCUT2D eigenvalue weighted by Gasteiger charge is 2.11. The van der Waals surface area contributed by atoms with E-state index in [0.29, 0.717) is 5.75 Å². The van der Waals surface area contributed by atoms with Crippen LogP contribution in [-0.4, -0.2) is 5.11 Å². The summed E-state index contributed by atoms with van der Waals surface area (Å²) in [5.74, 6) is 1.31. The average Bonchev–Trinajstić information content (AvgIpc) is 2.41. The summed E-state index contributed by atoms with van der Waals surface area (Å²) in [6.45, 7) is 4.09. The summed E-state index contributed by atoms with van der Waals surface area (Å²) < 4.78 is 5.85. The van der Waals surface area contributed by atoms with E-state index in [0.717, 1.165) is 16.9 Å². The molecule has 0 amide bonds. The Balaban J connectivity index is 2.18. The number of phenols is 1. The highest BCUT2D eigenvalue weighted by Crippen LogP contribution is 2.33. The van der Waals surface area contributed by atoms with Gasteiger partial charge in [0.25, 0.3) is 0 Å². The zero-order valence-electron chi connectivity index (χ0n) is 11.0. The zero-order chi connectivity index (χ0) is 13.8. The van der Waals surface area contributed by atoms with Crippen molar-refractivity contribution >= 4 is 15.9 Å². The van der Waals surface area contributed by atoms with Crippen LogP contribution in [0.5, 0.6) is 11.5 Å². The van der Waals surface area contributed by atoms with Gasteiger partial charge in [-0.1, -0.05) is 44.2 Å². The van der Waals surface area contributed by atoms with Gasteiger partial charge < -0.3 is 9.84 Å². The van der Waals surface area contributed by atoms with Crippen LogP contribution in [0.4, 0.5) is 0 Å². The van der Waals surface area contributed by atoms with Crippen molar-refractivity contribution in [3.63, 3.8) is 0 Å². The predicted octanol–water partition coefficient (Wildman–Crippen LogP) is 4.99. The molecule has 2 rings (SSSR count). The lowest BCUT2D eigenvalue weighted by Gasteiger charge is -2.16. The van der Waals surface area contributed by atoms with Crippen molar-refractivity contribution < 1.29 is 9.84 Å². The van der Waals surface area contributed by atoms with Gasteiger partial charge in [0.2, 0.25) is 0 Å². The lowest BCUT2D eigenvalue weighted by atomic mass is 10.0. The molecule has 0 fully saturated rings. The standard InChI is InChI=1S/C16H17BrO2/c1-11(2)14-10-13(8-9-15(14)18)19-16(17)12-6-4-3-5-7-12/h3-11,16,18H,1-2H3. The molecule has 0 heterocycles. The van der Waals surface area contributed by atoms with Crippen LogP contribution in [0.15, 0.2) is 48.5 Å². The van der Waals surface area contributed by atoms with Crippen LogP contribution in [0.25, 0.3) is 0 Å². The minimum atomic E-state index is -0.196. The maximum absolute atomic E-state index is 9.79. The summed E-state index contributed by atoms with van der Waals surface area (Å²) in [6.07, 6.45) is 0. The van der Waals surface area contributed by atoms with Crippen LogP contribution >= 0.6 is 15.9 Å². The molecule has 1 atom stereocenters. The molecule has 0 aromatic heterocycles. The van der Waals surface area contributed by atoms with Crippen molar-refractivity contribution in [1.29, 1.82) is 0 Å². The summed E-state index contributed by atoms with van der Waals surface area (Å²) in [6, 6.07) is 15.3. The lowest BCUT2D eigenvalue weighted by Crippen LogP contribution is -2.00. The van der Waals surface area contributed by atoms with Crippen LogP contribution in [0.1, 0.15) is 35.9 Å². The van der Waals surface area contributed by atoms with E-state index in [1.54, 1.807) is 12.1 Å². The fraction of sp³-hybridized carbons (Fsp3) is 0.250. The molecule has 100 valence electrons. The van der Waals surface area contributed by atoms with Crippen molar-refractivity contribution in [2.45, 2.75) is 24.8 Å². The lowest BCUT2D eigenvalue weighted by molar-refractivity contribution is 0.300. The number of alkyl halides is 1. The SMILES string of the molecule is CC(C)c1cc(OC(Br)c2ccccc2)ccc1O. The molecule has 19 heavy (non-hydrogen) atoms. The molecule has 0 aliphatic carbocycles. The summed E-state index contributed by atoms with van der Waals surface area (Å²) in [7, 11) is 0. The molecule has 0 aliphatic heterocycles. The van der Waals surface area contributed by atoms with Crippen molar-refractivity contribution in [1.82, 2.24) is 0 Å². The maximum atomic E-state index is 9.79. The van der Waals surface area contributed by atoms with Gasteiger partial charge in [0, 0.05) is 11.1 Å². The molecule has 0 saturated heterocycles. The monoisotopic (exact) mass is 320 g/mol. The van der Waals surface area contributed by atoms with Gasteiger partial charge in [-0.2, -0.15) is 0 Å². The largest absolute Gasteiger partial charge is 0.508 e. The van der Waals surface area contributed by atoms with E-state index in [-0.39, 0.29) is 10.9 Å². The number of aromatic hydroxyl groups is 1. The molecular weight excluding hydrogens is 304 g/mol. The second-order valence-electron chi connectivity index (χ2n) is 4.72. The smallest absolute Gasteiger partial charge is 0.178 e. The van der Waals surface area contributed by atoms with E-state index in [9.17, 15) is 5.11 Å². The maximum Gasteiger partial charge on any atom is 0.178 e. The first kappa shape index (κ1) is 13.9. The van der Waals surface area contributed by atoms with Gasteiger partial charge in [0.15, 0.2) is 5.01 Å². The van der Waals surface area contributed by atoms with Gasteiger partial charge in [-0.25, -0.2) is 0 Å². The second kappa shape index (κ2) is 6.11. The van der Waals surface area contributed by atoms with Gasteiger partial charge in [0.1, 0.15) is 11.5 Å². The number of ether oxygens (including phenoxy) is 1. The Bertz CT molecular complexity index is 538. The molecule has 2 aromatic carbocycles. The van der Waals surface area contributed by atoms with Crippen LogP contribution in [-0.2, 0) is 0 Å². The van der Waals surface area contributed by atoms with E-state index < -0.39 is 0 Å². The number of rotatable bonds is 4. The van der Waals surface area contributed by atoms with Gasteiger partial charge in [-0.15, -0.1) is 0 Å². The average molecular weight is 321 g/mol. The van der Waals surface area contributed by atoms with E-state index in [2.05, 4.69) is 15.9 Å². The fourth-order valence-electron chi connectivity index (χ4n) is 1.86. The Hall–Kier alpha value is -1.48.